The van der Waals surface area contributed by atoms with Gasteiger partial charge in [0.2, 0.25) is 0 Å². The highest BCUT2D eigenvalue weighted by Crippen LogP contribution is 2.29. The van der Waals surface area contributed by atoms with Gasteiger partial charge in [-0.15, -0.1) is 0 Å². The minimum Gasteiger partial charge on any atom is -0.508 e. The molecule has 1 N–H and O–H groups in total. The highest BCUT2D eigenvalue weighted by molar-refractivity contribution is 5.79. The number of benzene rings is 1. The zero-order valence-electron chi connectivity index (χ0n) is 7.95. The molecule has 1 atom stereocenters. The van der Waals surface area contributed by atoms with E-state index in [9.17, 15) is 9.90 Å². The molecule has 1 aromatic rings. The number of phenolic OH excluding ortho intramolecular Hbond substituents is 1. The Kier molecular flexibility index (Phi) is 3.07. The van der Waals surface area contributed by atoms with Gasteiger partial charge >= 0.3 is 0 Å². The van der Waals surface area contributed by atoms with Crippen molar-refractivity contribution in [1.29, 1.82) is 0 Å². The zero-order chi connectivity index (χ0) is 9.84. The van der Waals surface area contributed by atoms with Gasteiger partial charge in [-0.3, -0.25) is 4.79 Å². The first kappa shape index (κ1) is 9.78. The van der Waals surface area contributed by atoms with Crippen molar-refractivity contribution >= 4 is 6.29 Å². The molecule has 2 nitrogen and oxygen atoms in total. The largest absolute Gasteiger partial charge is 0.508 e. The van der Waals surface area contributed by atoms with Crippen molar-refractivity contribution in [2.45, 2.75) is 26.2 Å². The van der Waals surface area contributed by atoms with Crippen LogP contribution in [-0.2, 0) is 0 Å². The third kappa shape index (κ3) is 1.89. The Hall–Kier alpha value is -1.31. The van der Waals surface area contributed by atoms with E-state index in [0.717, 1.165) is 18.3 Å². The van der Waals surface area contributed by atoms with Crippen LogP contribution >= 0.6 is 0 Å². The third-order valence-electron chi connectivity index (χ3n) is 2.35. The van der Waals surface area contributed by atoms with Gasteiger partial charge in [0.15, 0.2) is 0 Å². The van der Waals surface area contributed by atoms with Crippen molar-refractivity contribution in [2.75, 3.05) is 0 Å². The number of hydrogen-bond donors (Lipinski definition) is 1. The summed E-state index contributed by atoms with van der Waals surface area (Å²) in [5, 5.41) is 9.57. The first-order valence-electron chi connectivity index (χ1n) is 4.47. The van der Waals surface area contributed by atoms with E-state index in [4.69, 9.17) is 0 Å². The zero-order valence-corrected chi connectivity index (χ0v) is 7.95. The predicted molar refractivity (Wildman–Crippen MR) is 52.2 cm³/mol. The van der Waals surface area contributed by atoms with E-state index in [2.05, 4.69) is 0 Å². The number of rotatable bonds is 3. The Labute approximate surface area is 78.2 Å². The molecule has 70 valence electrons. The molecule has 0 heterocycles. The molecule has 0 saturated carbocycles. The molecule has 0 aliphatic rings. The quantitative estimate of drug-likeness (QED) is 0.722. The number of hydrogen-bond acceptors (Lipinski definition) is 2. The highest BCUT2D eigenvalue weighted by Gasteiger charge is 2.12. The fourth-order valence-electron chi connectivity index (χ4n) is 1.41. The van der Waals surface area contributed by atoms with Gasteiger partial charge in [0.25, 0.3) is 0 Å². The van der Waals surface area contributed by atoms with Crippen molar-refractivity contribution < 1.29 is 9.90 Å². The number of phenols is 1. The molecule has 0 radical (unpaired) electrons. The van der Waals surface area contributed by atoms with Gasteiger partial charge in [-0.05, 0) is 18.4 Å². The molecule has 0 spiro atoms. The lowest BCUT2D eigenvalue weighted by atomic mass is 9.93. The minimum atomic E-state index is 0.221. The van der Waals surface area contributed by atoms with Gasteiger partial charge in [-0.25, -0.2) is 0 Å². The van der Waals surface area contributed by atoms with Crippen LogP contribution in [0.25, 0.3) is 0 Å². The van der Waals surface area contributed by atoms with Gasteiger partial charge in [0.05, 0.1) is 0 Å². The van der Waals surface area contributed by atoms with E-state index in [1.807, 2.05) is 13.8 Å². The van der Waals surface area contributed by atoms with Crippen LogP contribution in [0.4, 0.5) is 0 Å². The molecule has 0 aliphatic heterocycles. The maximum atomic E-state index is 10.7. The minimum absolute atomic E-state index is 0.221. The lowest BCUT2D eigenvalue weighted by molar-refractivity contribution is 0.112. The van der Waals surface area contributed by atoms with E-state index >= 15 is 0 Å². The molecule has 0 aromatic heterocycles. The second-order valence-corrected chi connectivity index (χ2v) is 3.21. The molecule has 0 fully saturated rings. The van der Waals surface area contributed by atoms with Gasteiger partial charge < -0.3 is 5.11 Å². The maximum absolute atomic E-state index is 10.7. The summed E-state index contributed by atoms with van der Waals surface area (Å²) in [6.07, 6.45) is 1.71. The van der Waals surface area contributed by atoms with Crippen molar-refractivity contribution in [3.8, 4) is 5.75 Å². The molecule has 1 rings (SSSR count). The molecule has 2 heteroatoms. The molecular weight excluding hydrogens is 164 g/mol. The summed E-state index contributed by atoms with van der Waals surface area (Å²) in [7, 11) is 0. The molecule has 0 amide bonds. The maximum Gasteiger partial charge on any atom is 0.150 e. The summed E-state index contributed by atoms with van der Waals surface area (Å²) in [5.74, 6) is 0.445. The monoisotopic (exact) mass is 178 g/mol. The van der Waals surface area contributed by atoms with Crippen LogP contribution < -0.4 is 0 Å². The number of aromatic hydroxyl groups is 1. The molecule has 0 aliphatic carbocycles. The van der Waals surface area contributed by atoms with Crippen LogP contribution in [0.5, 0.6) is 5.75 Å². The van der Waals surface area contributed by atoms with Crippen LogP contribution in [0.3, 0.4) is 0 Å². The van der Waals surface area contributed by atoms with Gasteiger partial charge in [-0.2, -0.15) is 0 Å². The molecular formula is C11H14O2. The van der Waals surface area contributed by atoms with E-state index in [1.165, 1.54) is 0 Å². The smallest absolute Gasteiger partial charge is 0.150 e. The second kappa shape index (κ2) is 4.08. The average molecular weight is 178 g/mol. The Morgan fingerprint density at radius 1 is 1.54 bits per heavy atom. The summed E-state index contributed by atoms with van der Waals surface area (Å²) in [6.45, 7) is 4.04. The summed E-state index contributed by atoms with van der Waals surface area (Å²) in [5.41, 5.74) is 1.36. The van der Waals surface area contributed by atoms with Crippen molar-refractivity contribution in [3.05, 3.63) is 29.3 Å². The Balaban J connectivity index is 3.22. The first-order valence-corrected chi connectivity index (χ1v) is 4.47. The predicted octanol–water partition coefficient (Wildman–Crippen LogP) is 2.72. The Morgan fingerprint density at radius 3 is 2.77 bits per heavy atom. The summed E-state index contributed by atoms with van der Waals surface area (Å²) < 4.78 is 0. The van der Waals surface area contributed by atoms with Crippen LogP contribution in [0.15, 0.2) is 18.2 Å². The van der Waals surface area contributed by atoms with Gasteiger partial charge in [0, 0.05) is 11.1 Å². The molecule has 1 unspecified atom stereocenters. The van der Waals surface area contributed by atoms with Crippen molar-refractivity contribution in [3.63, 3.8) is 0 Å². The standard InChI is InChI=1S/C11H14O2/c1-3-8(2)11-9(7-12)5-4-6-10(11)13/h4-8,13H,3H2,1-2H3. The van der Waals surface area contributed by atoms with Gasteiger partial charge in [-0.1, -0.05) is 26.0 Å². The third-order valence-corrected chi connectivity index (χ3v) is 2.35. The summed E-state index contributed by atoms with van der Waals surface area (Å²) in [6, 6.07) is 5.04. The van der Waals surface area contributed by atoms with Crippen molar-refractivity contribution in [2.24, 2.45) is 0 Å². The number of carbonyl (C=O) groups is 1. The van der Waals surface area contributed by atoms with E-state index < -0.39 is 0 Å². The SMILES string of the molecule is CCC(C)c1c(O)cccc1C=O. The number of carbonyl (C=O) groups excluding carboxylic acids is 1. The normalized spacial score (nSPS) is 12.5. The number of aldehydes is 1. The van der Waals surface area contributed by atoms with E-state index in [-0.39, 0.29) is 11.7 Å². The van der Waals surface area contributed by atoms with Crippen LogP contribution in [0.2, 0.25) is 0 Å². The molecule has 1 aromatic carbocycles. The average Bonchev–Trinajstić information content (AvgIpc) is 2.16. The van der Waals surface area contributed by atoms with Gasteiger partial charge in [0.1, 0.15) is 12.0 Å². The van der Waals surface area contributed by atoms with Crippen LogP contribution in [-0.4, -0.2) is 11.4 Å². The highest BCUT2D eigenvalue weighted by atomic mass is 16.3. The molecule has 13 heavy (non-hydrogen) atoms. The fourth-order valence-corrected chi connectivity index (χ4v) is 1.41. The van der Waals surface area contributed by atoms with E-state index in [0.29, 0.717) is 5.56 Å². The topological polar surface area (TPSA) is 37.3 Å². The lowest BCUT2D eigenvalue weighted by Gasteiger charge is -2.12. The Bertz CT molecular complexity index is 305. The first-order chi connectivity index (χ1) is 6.20. The summed E-state index contributed by atoms with van der Waals surface area (Å²) >= 11 is 0. The fraction of sp³-hybridized carbons (Fsp3) is 0.364. The Morgan fingerprint density at radius 2 is 2.23 bits per heavy atom. The summed E-state index contributed by atoms with van der Waals surface area (Å²) in [4.78, 5) is 10.7. The van der Waals surface area contributed by atoms with Crippen molar-refractivity contribution in [1.82, 2.24) is 0 Å². The molecule has 0 saturated heterocycles. The second-order valence-electron chi connectivity index (χ2n) is 3.21. The van der Waals surface area contributed by atoms with Crippen LogP contribution in [0, 0.1) is 0 Å². The lowest BCUT2D eigenvalue weighted by Crippen LogP contribution is -1.97. The van der Waals surface area contributed by atoms with Crippen LogP contribution in [0.1, 0.15) is 42.1 Å². The van der Waals surface area contributed by atoms with E-state index in [1.54, 1.807) is 18.2 Å². The molecule has 0 bridgehead atoms.